The molecular formula is C22H22BrNO7. The van der Waals surface area contributed by atoms with Crippen molar-refractivity contribution in [2.24, 2.45) is 0 Å². The highest BCUT2D eigenvalue weighted by Crippen LogP contribution is 2.31. The third kappa shape index (κ3) is 5.97. The van der Waals surface area contributed by atoms with Crippen molar-refractivity contribution in [2.75, 3.05) is 0 Å². The predicted molar refractivity (Wildman–Crippen MR) is 113 cm³/mol. The molecule has 8 nitrogen and oxygen atoms in total. The van der Waals surface area contributed by atoms with Gasteiger partial charge in [0.1, 0.15) is 11.4 Å². The molecule has 1 aliphatic heterocycles. The number of nitrogens with zero attached hydrogens (tertiary/aromatic N) is 1. The summed E-state index contributed by atoms with van der Waals surface area (Å²) < 4.78 is 12.2. The lowest BCUT2D eigenvalue weighted by molar-refractivity contribution is -0.163. The van der Waals surface area contributed by atoms with Gasteiger partial charge < -0.3 is 19.4 Å². The van der Waals surface area contributed by atoms with Crippen LogP contribution in [0.15, 0.2) is 53.0 Å². The highest BCUT2D eigenvalue weighted by molar-refractivity contribution is 9.10. The minimum Gasteiger partial charge on any atom is -0.480 e. The van der Waals surface area contributed by atoms with Gasteiger partial charge in [-0.05, 0) is 44.5 Å². The molecule has 1 heterocycles. The first-order valence-electron chi connectivity index (χ1n) is 9.52. The topological polar surface area (TPSA) is 105 Å². The van der Waals surface area contributed by atoms with E-state index in [0.717, 1.165) is 5.06 Å². The van der Waals surface area contributed by atoms with Gasteiger partial charge >= 0.3 is 18.0 Å². The molecule has 31 heavy (non-hydrogen) atoms. The van der Waals surface area contributed by atoms with E-state index in [4.69, 9.17) is 9.47 Å². The van der Waals surface area contributed by atoms with E-state index in [0.29, 0.717) is 21.3 Å². The molecule has 0 bridgehead atoms. The van der Waals surface area contributed by atoms with Crippen LogP contribution in [-0.2, 0) is 25.6 Å². The van der Waals surface area contributed by atoms with Crippen LogP contribution < -0.4 is 4.74 Å². The highest BCUT2D eigenvalue weighted by Gasteiger charge is 2.45. The summed E-state index contributed by atoms with van der Waals surface area (Å²) in [6, 6.07) is 12.7. The summed E-state index contributed by atoms with van der Waals surface area (Å²) in [5, 5.41) is 10.1. The molecule has 3 rings (SSSR count). The number of hydrogen-bond acceptors (Lipinski definition) is 6. The van der Waals surface area contributed by atoms with Crippen molar-refractivity contribution >= 4 is 34.0 Å². The standard InChI is InChI=1S/C22H22BrNO7/c1-22(2,3)30-20(27)18(15-6-4-5-7-16(15)23)29-14-10-8-13(9-11-14)12-17(19(25)26)24-21(28)31-24/h4-11,17-18H,12H2,1-3H3,(H,25,26)/t17-,18?,24?/m0/s1. The smallest absolute Gasteiger partial charge is 0.468 e. The predicted octanol–water partition coefficient (Wildman–Crippen LogP) is 4.27. The van der Waals surface area contributed by atoms with Crippen molar-refractivity contribution in [1.29, 1.82) is 0 Å². The molecule has 1 aliphatic rings. The molecule has 0 saturated carbocycles. The third-order valence-electron chi connectivity index (χ3n) is 4.31. The molecule has 0 radical (unpaired) electrons. The highest BCUT2D eigenvalue weighted by atomic mass is 79.9. The van der Waals surface area contributed by atoms with Gasteiger partial charge in [-0.1, -0.05) is 46.3 Å². The number of aliphatic carboxylic acids is 1. The van der Waals surface area contributed by atoms with Gasteiger partial charge in [-0.2, -0.15) is 0 Å². The van der Waals surface area contributed by atoms with Crippen LogP contribution in [-0.4, -0.2) is 39.8 Å². The fourth-order valence-corrected chi connectivity index (χ4v) is 3.36. The van der Waals surface area contributed by atoms with Gasteiger partial charge in [-0.3, -0.25) is 0 Å². The van der Waals surface area contributed by atoms with E-state index in [9.17, 15) is 19.5 Å². The molecule has 1 unspecified atom stereocenters. The first kappa shape index (κ1) is 22.6. The number of halogens is 1. The minimum atomic E-state index is -1.16. The Balaban J connectivity index is 1.78. The van der Waals surface area contributed by atoms with E-state index >= 15 is 0 Å². The normalized spacial score (nSPS) is 15.0. The summed E-state index contributed by atoms with van der Waals surface area (Å²) in [6.45, 7) is 5.33. The Hall–Kier alpha value is -3.07. The second-order valence-corrected chi connectivity index (χ2v) is 8.79. The number of hydroxylamine groups is 2. The van der Waals surface area contributed by atoms with Gasteiger partial charge in [-0.25, -0.2) is 14.4 Å². The van der Waals surface area contributed by atoms with Crippen LogP contribution in [0.3, 0.4) is 0 Å². The summed E-state index contributed by atoms with van der Waals surface area (Å²) in [4.78, 5) is 39.8. The second kappa shape index (κ2) is 8.97. The zero-order chi connectivity index (χ0) is 22.8. The van der Waals surface area contributed by atoms with Crippen LogP contribution in [0.4, 0.5) is 4.79 Å². The maximum Gasteiger partial charge on any atom is 0.468 e. The Labute approximate surface area is 187 Å². The number of esters is 1. The van der Waals surface area contributed by atoms with Gasteiger partial charge in [0.05, 0.1) is 0 Å². The SMILES string of the molecule is CC(C)(C)OC(=O)C(Oc1ccc(C[C@@H](C(=O)O)N2OC2=O)cc1)c1ccccc1Br. The Morgan fingerprint density at radius 3 is 2.26 bits per heavy atom. The number of benzene rings is 2. The fourth-order valence-electron chi connectivity index (χ4n) is 2.87. The van der Waals surface area contributed by atoms with Crippen LogP contribution in [0.5, 0.6) is 5.75 Å². The van der Waals surface area contributed by atoms with E-state index in [1.54, 1.807) is 57.2 Å². The summed E-state index contributed by atoms with van der Waals surface area (Å²) in [5.41, 5.74) is 0.592. The van der Waals surface area contributed by atoms with E-state index in [1.807, 2.05) is 12.1 Å². The number of rotatable bonds is 8. The Morgan fingerprint density at radius 2 is 1.74 bits per heavy atom. The van der Waals surface area contributed by atoms with Crippen molar-refractivity contribution in [1.82, 2.24) is 5.06 Å². The molecule has 9 heteroatoms. The van der Waals surface area contributed by atoms with Crippen LogP contribution in [0.1, 0.15) is 38.0 Å². The van der Waals surface area contributed by atoms with Gasteiger partial charge in [0.25, 0.3) is 0 Å². The summed E-state index contributed by atoms with van der Waals surface area (Å²) in [7, 11) is 0. The maximum absolute atomic E-state index is 12.8. The Bertz CT molecular complexity index is 984. The fraction of sp³-hybridized carbons (Fsp3) is 0.318. The second-order valence-electron chi connectivity index (χ2n) is 7.94. The zero-order valence-electron chi connectivity index (χ0n) is 17.2. The zero-order valence-corrected chi connectivity index (χ0v) is 18.8. The molecule has 1 N–H and O–H groups in total. The van der Waals surface area contributed by atoms with Crippen molar-refractivity contribution in [3.63, 3.8) is 0 Å². The molecule has 1 saturated heterocycles. The molecule has 1 amide bonds. The van der Waals surface area contributed by atoms with Crippen LogP contribution in [0.2, 0.25) is 0 Å². The Morgan fingerprint density at radius 1 is 1.13 bits per heavy atom. The first-order chi connectivity index (χ1) is 14.5. The first-order valence-corrected chi connectivity index (χ1v) is 10.3. The molecule has 0 spiro atoms. The third-order valence-corrected chi connectivity index (χ3v) is 5.03. The molecule has 2 aromatic carbocycles. The number of carboxylic acid groups (broad SMARTS) is 1. The summed E-state index contributed by atoms with van der Waals surface area (Å²) in [5.74, 6) is -1.29. The lowest BCUT2D eigenvalue weighted by Crippen LogP contribution is -2.31. The number of carboxylic acids is 1. The molecule has 164 valence electrons. The number of carbonyl (C=O) groups excluding carboxylic acids is 2. The van der Waals surface area contributed by atoms with Crippen LogP contribution in [0.25, 0.3) is 0 Å². The van der Waals surface area contributed by atoms with Gasteiger partial charge in [0, 0.05) is 16.5 Å². The van der Waals surface area contributed by atoms with Crippen molar-refractivity contribution in [3.8, 4) is 5.75 Å². The quantitative estimate of drug-likeness (QED) is 0.433. The number of amides is 1. The van der Waals surface area contributed by atoms with E-state index < -0.39 is 35.8 Å². The molecule has 1 fully saturated rings. The molecule has 2 atom stereocenters. The van der Waals surface area contributed by atoms with Gasteiger partial charge in [0.2, 0.25) is 6.10 Å². The van der Waals surface area contributed by atoms with Gasteiger partial charge in [0.15, 0.2) is 6.04 Å². The average molecular weight is 492 g/mol. The lowest BCUT2D eigenvalue weighted by Gasteiger charge is -2.25. The summed E-state index contributed by atoms with van der Waals surface area (Å²) in [6.07, 6.45) is -1.60. The molecule has 0 aliphatic carbocycles. The number of carbonyl (C=O) groups is 3. The monoisotopic (exact) mass is 491 g/mol. The maximum atomic E-state index is 12.8. The summed E-state index contributed by atoms with van der Waals surface area (Å²) >= 11 is 3.45. The van der Waals surface area contributed by atoms with Crippen LogP contribution >= 0.6 is 15.9 Å². The van der Waals surface area contributed by atoms with E-state index in [2.05, 4.69) is 20.8 Å². The van der Waals surface area contributed by atoms with Crippen molar-refractivity contribution in [3.05, 3.63) is 64.1 Å². The number of ether oxygens (including phenoxy) is 2. The Kier molecular flexibility index (Phi) is 6.54. The lowest BCUT2D eigenvalue weighted by atomic mass is 10.1. The molecular weight excluding hydrogens is 470 g/mol. The van der Waals surface area contributed by atoms with Crippen LogP contribution in [0, 0.1) is 0 Å². The van der Waals surface area contributed by atoms with Gasteiger partial charge in [-0.15, -0.1) is 5.06 Å². The van der Waals surface area contributed by atoms with Crippen molar-refractivity contribution in [2.45, 2.75) is 44.9 Å². The van der Waals surface area contributed by atoms with E-state index in [1.165, 1.54) is 0 Å². The number of hydrogen-bond donors (Lipinski definition) is 1. The minimum absolute atomic E-state index is 0.0705. The van der Waals surface area contributed by atoms with E-state index in [-0.39, 0.29) is 6.42 Å². The molecule has 2 aromatic rings. The van der Waals surface area contributed by atoms with Crippen molar-refractivity contribution < 1.29 is 33.8 Å². The largest absolute Gasteiger partial charge is 0.480 e. The molecule has 0 aromatic heterocycles. The average Bonchev–Trinajstić information content (AvgIpc) is 3.40.